The molecule has 2 rings (SSSR count). The quantitative estimate of drug-likeness (QED) is 0.698. The van der Waals surface area contributed by atoms with Crippen molar-refractivity contribution in [2.24, 2.45) is 11.8 Å². The van der Waals surface area contributed by atoms with Gasteiger partial charge in [0.25, 0.3) is 5.91 Å². The van der Waals surface area contributed by atoms with Gasteiger partial charge in [-0.2, -0.15) is 0 Å². The van der Waals surface area contributed by atoms with E-state index >= 15 is 0 Å². The first-order valence-corrected chi connectivity index (χ1v) is 8.46. The van der Waals surface area contributed by atoms with E-state index in [1.807, 2.05) is 6.92 Å². The molecule has 0 spiro atoms. The number of carboxylic acids is 1. The van der Waals surface area contributed by atoms with Crippen molar-refractivity contribution in [3.8, 4) is 0 Å². The number of benzene rings is 1. The molecule has 136 valence electrons. The normalized spacial score (nSPS) is 16.0. The molecule has 7 nitrogen and oxygen atoms in total. The zero-order chi connectivity index (χ0) is 18.2. The fraction of sp³-hybridized carbons (Fsp3) is 0.500. The topological polar surface area (TPSA) is 105 Å². The van der Waals surface area contributed by atoms with Crippen molar-refractivity contribution < 1.29 is 24.2 Å². The summed E-state index contributed by atoms with van der Waals surface area (Å²) in [4.78, 5) is 34.7. The van der Waals surface area contributed by atoms with E-state index in [2.05, 4.69) is 10.6 Å². The van der Waals surface area contributed by atoms with Gasteiger partial charge in [0, 0.05) is 36.9 Å². The summed E-state index contributed by atoms with van der Waals surface area (Å²) in [6, 6.07) is 6.54. The second kappa shape index (κ2) is 9.17. The van der Waals surface area contributed by atoms with E-state index in [1.165, 1.54) is 0 Å². The van der Waals surface area contributed by atoms with Crippen molar-refractivity contribution in [1.82, 2.24) is 5.32 Å². The van der Waals surface area contributed by atoms with Crippen LogP contribution in [-0.2, 0) is 14.3 Å². The molecule has 7 heteroatoms. The third kappa shape index (κ3) is 5.86. The molecule has 1 aromatic rings. The smallest absolute Gasteiger partial charge is 0.305 e. The number of aliphatic carboxylic acids is 1. The van der Waals surface area contributed by atoms with Crippen molar-refractivity contribution in [3.05, 3.63) is 29.8 Å². The second-order valence-corrected chi connectivity index (χ2v) is 6.20. The van der Waals surface area contributed by atoms with Gasteiger partial charge in [-0.15, -0.1) is 0 Å². The van der Waals surface area contributed by atoms with E-state index in [-0.39, 0.29) is 30.7 Å². The summed E-state index contributed by atoms with van der Waals surface area (Å²) in [7, 11) is 0. The Morgan fingerprint density at radius 2 is 1.84 bits per heavy atom. The Balaban J connectivity index is 1.85. The number of carbonyl (C=O) groups is 3. The van der Waals surface area contributed by atoms with Crippen LogP contribution in [0.3, 0.4) is 0 Å². The van der Waals surface area contributed by atoms with Crippen LogP contribution in [0.25, 0.3) is 0 Å². The Morgan fingerprint density at radius 1 is 1.20 bits per heavy atom. The van der Waals surface area contributed by atoms with Crippen molar-refractivity contribution >= 4 is 23.5 Å². The number of hydrogen-bond donors (Lipinski definition) is 3. The maximum absolute atomic E-state index is 12.3. The van der Waals surface area contributed by atoms with Gasteiger partial charge in [0.2, 0.25) is 5.91 Å². The number of rotatable bonds is 7. The van der Waals surface area contributed by atoms with E-state index in [4.69, 9.17) is 9.84 Å². The molecule has 1 fully saturated rings. The molecule has 2 amide bonds. The molecule has 1 heterocycles. The number of hydrogen-bond acceptors (Lipinski definition) is 4. The number of ether oxygens (including phenoxy) is 1. The zero-order valence-electron chi connectivity index (χ0n) is 14.3. The highest BCUT2D eigenvalue weighted by Crippen LogP contribution is 2.24. The molecule has 0 aliphatic carbocycles. The monoisotopic (exact) mass is 348 g/mol. The molecular weight excluding hydrogens is 324 g/mol. The molecule has 1 atom stereocenters. The third-order valence-corrected chi connectivity index (χ3v) is 4.43. The number of nitrogens with one attached hydrogen (secondary N) is 2. The third-order valence-electron chi connectivity index (χ3n) is 4.43. The van der Waals surface area contributed by atoms with Gasteiger partial charge in [-0.25, -0.2) is 0 Å². The summed E-state index contributed by atoms with van der Waals surface area (Å²) in [5.41, 5.74) is 1.05. The Bertz CT molecular complexity index is 608. The molecule has 3 N–H and O–H groups in total. The van der Waals surface area contributed by atoms with Crippen LogP contribution in [0.1, 0.15) is 36.5 Å². The molecule has 0 aromatic heterocycles. The van der Waals surface area contributed by atoms with E-state index in [1.54, 1.807) is 24.3 Å². The standard InChI is InChI=1S/C18H24N2O5/c1-12(13-7-10-25-11-8-13)17(23)20-15-4-2-14(3-5-15)18(24)19-9-6-16(21)22/h2-5,12-13H,6-11H2,1H3,(H,19,24)(H,20,23)(H,21,22). The van der Waals surface area contributed by atoms with Crippen molar-refractivity contribution in [3.63, 3.8) is 0 Å². The first-order chi connectivity index (χ1) is 12.0. The molecule has 1 aliphatic rings. The maximum Gasteiger partial charge on any atom is 0.305 e. The number of carboxylic acid groups (broad SMARTS) is 1. The first kappa shape index (κ1) is 18.9. The van der Waals surface area contributed by atoms with Crippen LogP contribution in [0, 0.1) is 11.8 Å². The Labute approximate surface area is 146 Å². The summed E-state index contributed by atoms with van der Waals surface area (Å²) in [6.45, 7) is 3.41. The molecule has 1 saturated heterocycles. The van der Waals surface area contributed by atoms with Crippen LogP contribution in [0.4, 0.5) is 5.69 Å². The molecule has 0 saturated carbocycles. The highest BCUT2D eigenvalue weighted by Gasteiger charge is 2.25. The highest BCUT2D eigenvalue weighted by molar-refractivity contribution is 5.96. The fourth-order valence-electron chi connectivity index (χ4n) is 2.78. The van der Waals surface area contributed by atoms with Crippen LogP contribution in [0.5, 0.6) is 0 Å². The molecule has 1 unspecified atom stereocenters. The lowest BCUT2D eigenvalue weighted by Crippen LogP contribution is -2.31. The predicted molar refractivity (Wildman–Crippen MR) is 92.4 cm³/mol. The van der Waals surface area contributed by atoms with Gasteiger partial charge in [-0.3, -0.25) is 14.4 Å². The minimum Gasteiger partial charge on any atom is -0.481 e. The molecular formula is C18H24N2O5. The minimum absolute atomic E-state index is 0.0365. The number of anilines is 1. The zero-order valence-corrected chi connectivity index (χ0v) is 14.3. The fourth-order valence-corrected chi connectivity index (χ4v) is 2.78. The summed E-state index contributed by atoms with van der Waals surface area (Å²) < 4.78 is 5.32. The lowest BCUT2D eigenvalue weighted by Gasteiger charge is -2.26. The largest absolute Gasteiger partial charge is 0.481 e. The van der Waals surface area contributed by atoms with Gasteiger partial charge < -0.3 is 20.5 Å². The average Bonchev–Trinajstić information content (AvgIpc) is 2.62. The average molecular weight is 348 g/mol. The van der Waals surface area contributed by atoms with Crippen LogP contribution in [0.2, 0.25) is 0 Å². The van der Waals surface area contributed by atoms with Crippen LogP contribution in [-0.4, -0.2) is 42.6 Å². The van der Waals surface area contributed by atoms with Gasteiger partial charge in [0.15, 0.2) is 0 Å². The van der Waals surface area contributed by atoms with Gasteiger partial charge in [-0.05, 0) is 43.0 Å². The van der Waals surface area contributed by atoms with E-state index in [0.717, 1.165) is 12.8 Å². The molecule has 1 aromatic carbocycles. The molecule has 0 radical (unpaired) electrons. The van der Waals surface area contributed by atoms with Crippen LogP contribution < -0.4 is 10.6 Å². The second-order valence-electron chi connectivity index (χ2n) is 6.20. The van der Waals surface area contributed by atoms with Gasteiger partial charge in [0.1, 0.15) is 0 Å². The summed E-state index contributed by atoms with van der Waals surface area (Å²) in [5.74, 6) is -1.10. The lowest BCUT2D eigenvalue weighted by molar-refractivity contribution is -0.136. The Hall–Kier alpha value is -2.41. The van der Waals surface area contributed by atoms with Crippen molar-refractivity contribution in [1.29, 1.82) is 0 Å². The van der Waals surface area contributed by atoms with E-state index in [0.29, 0.717) is 30.4 Å². The predicted octanol–water partition coefficient (Wildman–Crippen LogP) is 1.89. The maximum atomic E-state index is 12.3. The lowest BCUT2D eigenvalue weighted by atomic mass is 9.87. The van der Waals surface area contributed by atoms with Gasteiger partial charge in [-0.1, -0.05) is 6.92 Å². The number of amides is 2. The van der Waals surface area contributed by atoms with E-state index in [9.17, 15) is 14.4 Å². The first-order valence-electron chi connectivity index (χ1n) is 8.46. The summed E-state index contributed by atoms with van der Waals surface area (Å²) in [5, 5.41) is 14.0. The van der Waals surface area contributed by atoms with Gasteiger partial charge >= 0.3 is 5.97 Å². The number of carbonyl (C=O) groups excluding carboxylic acids is 2. The van der Waals surface area contributed by atoms with Crippen molar-refractivity contribution in [2.45, 2.75) is 26.2 Å². The van der Waals surface area contributed by atoms with Crippen LogP contribution in [0.15, 0.2) is 24.3 Å². The van der Waals surface area contributed by atoms with E-state index < -0.39 is 5.97 Å². The Kier molecular flexibility index (Phi) is 6.94. The van der Waals surface area contributed by atoms with Crippen molar-refractivity contribution in [2.75, 3.05) is 25.1 Å². The summed E-state index contributed by atoms with van der Waals surface area (Å²) in [6.07, 6.45) is 1.66. The SMILES string of the molecule is CC(C(=O)Nc1ccc(C(=O)NCCC(=O)O)cc1)C1CCOCC1. The van der Waals surface area contributed by atoms with Crippen LogP contribution >= 0.6 is 0 Å². The minimum atomic E-state index is -0.961. The molecule has 25 heavy (non-hydrogen) atoms. The highest BCUT2D eigenvalue weighted by atomic mass is 16.5. The molecule has 1 aliphatic heterocycles. The Morgan fingerprint density at radius 3 is 2.44 bits per heavy atom. The van der Waals surface area contributed by atoms with Gasteiger partial charge in [0.05, 0.1) is 6.42 Å². The summed E-state index contributed by atoms with van der Waals surface area (Å²) >= 11 is 0. The molecule has 0 bridgehead atoms.